The molecule has 0 bridgehead atoms. The Labute approximate surface area is 159 Å². The molecule has 1 aromatic heterocycles. The summed E-state index contributed by atoms with van der Waals surface area (Å²) in [5.74, 6) is 1.54. The normalized spacial score (nSPS) is 18.7. The van der Waals surface area contributed by atoms with Crippen LogP contribution in [0.4, 0.5) is 22.0 Å². The largest absolute Gasteiger partial charge is 0.369 e. The maximum absolute atomic E-state index is 13.1. The summed E-state index contributed by atoms with van der Waals surface area (Å²) in [4.78, 5) is 20.1. The highest BCUT2D eigenvalue weighted by Gasteiger charge is 2.20. The highest BCUT2D eigenvalue weighted by atomic mass is 19.1. The fourth-order valence-corrected chi connectivity index (χ4v) is 3.75. The number of halogens is 1. The Bertz CT molecular complexity index is 753. The molecule has 7 nitrogen and oxygen atoms in total. The Morgan fingerprint density at radius 2 is 1.52 bits per heavy atom. The average molecular weight is 371 g/mol. The smallest absolute Gasteiger partial charge is 0.230 e. The monoisotopic (exact) mass is 371 g/mol. The second-order valence-electron chi connectivity index (χ2n) is 7.20. The molecular formula is C19H26FN7. The third-order valence-corrected chi connectivity index (χ3v) is 5.26. The van der Waals surface area contributed by atoms with Crippen molar-refractivity contribution in [2.45, 2.75) is 25.8 Å². The molecule has 2 aromatic rings. The van der Waals surface area contributed by atoms with E-state index >= 15 is 0 Å². The maximum atomic E-state index is 13.1. The molecule has 0 atom stereocenters. The van der Waals surface area contributed by atoms with Crippen molar-refractivity contribution in [2.75, 3.05) is 54.8 Å². The van der Waals surface area contributed by atoms with Gasteiger partial charge in [0.25, 0.3) is 0 Å². The molecule has 27 heavy (non-hydrogen) atoms. The lowest BCUT2D eigenvalue weighted by Crippen LogP contribution is -2.46. The third-order valence-electron chi connectivity index (χ3n) is 5.26. The third kappa shape index (κ3) is 4.44. The van der Waals surface area contributed by atoms with Gasteiger partial charge in [-0.15, -0.1) is 0 Å². The van der Waals surface area contributed by atoms with E-state index in [9.17, 15) is 4.39 Å². The van der Waals surface area contributed by atoms with Crippen molar-refractivity contribution in [2.24, 2.45) is 0 Å². The second kappa shape index (κ2) is 8.04. The zero-order valence-corrected chi connectivity index (χ0v) is 15.5. The number of nitrogens with zero attached hydrogens (tertiary/aromatic N) is 6. The lowest BCUT2D eigenvalue weighted by molar-refractivity contribution is 0.244. The van der Waals surface area contributed by atoms with Crippen LogP contribution in [0.25, 0.3) is 0 Å². The Kier molecular flexibility index (Phi) is 5.33. The van der Waals surface area contributed by atoms with Crippen molar-refractivity contribution in [3.05, 3.63) is 35.9 Å². The molecule has 0 saturated carbocycles. The second-order valence-corrected chi connectivity index (χ2v) is 7.20. The van der Waals surface area contributed by atoms with E-state index in [1.807, 2.05) is 12.1 Å². The van der Waals surface area contributed by atoms with Crippen molar-refractivity contribution in [3.63, 3.8) is 0 Å². The van der Waals surface area contributed by atoms with E-state index in [-0.39, 0.29) is 5.82 Å². The molecule has 2 aliphatic heterocycles. The molecule has 2 aliphatic rings. The fourth-order valence-electron chi connectivity index (χ4n) is 3.75. The zero-order chi connectivity index (χ0) is 18.6. The number of aromatic nitrogens is 3. The highest BCUT2D eigenvalue weighted by molar-refractivity contribution is 5.46. The van der Waals surface area contributed by atoms with Gasteiger partial charge in [0, 0.05) is 45.0 Å². The van der Waals surface area contributed by atoms with Gasteiger partial charge < -0.3 is 15.5 Å². The number of piperazine rings is 1. The Morgan fingerprint density at radius 1 is 0.815 bits per heavy atom. The van der Waals surface area contributed by atoms with E-state index in [4.69, 9.17) is 5.73 Å². The number of nitrogens with two attached hydrogens (primary N) is 1. The molecule has 0 amide bonds. The number of anilines is 3. The van der Waals surface area contributed by atoms with Gasteiger partial charge in [-0.1, -0.05) is 0 Å². The molecule has 0 aliphatic carbocycles. The molecule has 8 heteroatoms. The van der Waals surface area contributed by atoms with E-state index in [1.165, 1.54) is 31.4 Å². The van der Waals surface area contributed by atoms with Crippen molar-refractivity contribution >= 4 is 17.6 Å². The van der Waals surface area contributed by atoms with Crippen molar-refractivity contribution < 1.29 is 4.39 Å². The van der Waals surface area contributed by atoms with E-state index in [0.717, 1.165) is 50.8 Å². The number of benzene rings is 1. The highest BCUT2D eigenvalue weighted by Crippen LogP contribution is 2.19. The lowest BCUT2D eigenvalue weighted by atomic mass is 10.1. The minimum atomic E-state index is -0.200. The number of rotatable bonds is 4. The minimum absolute atomic E-state index is 0.200. The van der Waals surface area contributed by atoms with Crippen LogP contribution in [0.5, 0.6) is 0 Å². The van der Waals surface area contributed by atoms with Gasteiger partial charge in [-0.05, 0) is 43.5 Å². The van der Waals surface area contributed by atoms with E-state index in [1.54, 1.807) is 0 Å². The Hall–Kier alpha value is -2.48. The van der Waals surface area contributed by atoms with Gasteiger partial charge in [0.1, 0.15) is 11.6 Å². The summed E-state index contributed by atoms with van der Waals surface area (Å²) in [6, 6.07) is 6.69. The zero-order valence-electron chi connectivity index (χ0n) is 15.5. The van der Waals surface area contributed by atoms with Crippen LogP contribution in [0.2, 0.25) is 0 Å². The molecular weight excluding hydrogens is 345 g/mol. The molecule has 3 heterocycles. The fraction of sp³-hybridized carbons (Fsp3) is 0.526. The van der Waals surface area contributed by atoms with Crippen LogP contribution >= 0.6 is 0 Å². The van der Waals surface area contributed by atoms with Crippen LogP contribution in [0.1, 0.15) is 25.1 Å². The van der Waals surface area contributed by atoms with Gasteiger partial charge in [-0.25, -0.2) is 4.39 Å². The SMILES string of the molecule is Nc1nc(CN2CCN(c3ccc(F)cc3)CC2)nc(N2CCCCC2)n1. The van der Waals surface area contributed by atoms with Crippen LogP contribution in [0.3, 0.4) is 0 Å². The summed E-state index contributed by atoms with van der Waals surface area (Å²) in [7, 11) is 0. The van der Waals surface area contributed by atoms with Gasteiger partial charge >= 0.3 is 0 Å². The quantitative estimate of drug-likeness (QED) is 0.880. The van der Waals surface area contributed by atoms with Gasteiger partial charge in [0.15, 0.2) is 0 Å². The summed E-state index contributed by atoms with van der Waals surface area (Å²) >= 11 is 0. The molecule has 1 aromatic carbocycles. The van der Waals surface area contributed by atoms with Gasteiger partial charge in [0.2, 0.25) is 11.9 Å². The molecule has 0 spiro atoms. The predicted molar refractivity (Wildman–Crippen MR) is 104 cm³/mol. The van der Waals surface area contributed by atoms with E-state index < -0.39 is 0 Å². The van der Waals surface area contributed by atoms with E-state index in [0.29, 0.717) is 18.4 Å². The summed E-state index contributed by atoms with van der Waals surface area (Å²) in [6.07, 6.45) is 3.61. The lowest BCUT2D eigenvalue weighted by Gasteiger charge is -2.35. The molecule has 0 radical (unpaired) electrons. The first-order valence-electron chi connectivity index (χ1n) is 9.66. The first-order chi connectivity index (χ1) is 13.2. The summed E-state index contributed by atoms with van der Waals surface area (Å²) in [5, 5.41) is 0. The number of hydrogen-bond acceptors (Lipinski definition) is 7. The van der Waals surface area contributed by atoms with Crippen LogP contribution < -0.4 is 15.5 Å². The molecule has 4 rings (SSSR count). The van der Waals surface area contributed by atoms with Crippen molar-refractivity contribution in [1.29, 1.82) is 0 Å². The standard InChI is InChI=1S/C19H26FN7/c20-15-4-6-16(7-5-15)26-12-10-25(11-13-26)14-17-22-18(21)24-19(23-17)27-8-2-1-3-9-27/h4-7H,1-3,8-14H2,(H2,21,22,23,24). The Morgan fingerprint density at radius 3 is 2.22 bits per heavy atom. The van der Waals surface area contributed by atoms with Crippen LogP contribution in [0.15, 0.2) is 24.3 Å². The van der Waals surface area contributed by atoms with Crippen LogP contribution in [0, 0.1) is 5.82 Å². The predicted octanol–water partition coefficient (Wildman–Crippen LogP) is 1.91. The number of hydrogen-bond donors (Lipinski definition) is 1. The first kappa shape index (κ1) is 17.9. The molecule has 144 valence electrons. The van der Waals surface area contributed by atoms with Gasteiger partial charge in [-0.3, -0.25) is 4.90 Å². The molecule has 2 N–H and O–H groups in total. The average Bonchev–Trinajstić information content (AvgIpc) is 2.69. The van der Waals surface area contributed by atoms with Crippen molar-refractivity contribution in [1.82, 2.24) is 19.9 Å². The number of nitrogen functional groups attached to an aromatic ring is 1. The Balaban J connectivity index is 1.37. The van der Waals surface area contributed by atoms with Crippen molar-refractivity contribution in [3.8, 4) is 0 Å². The summed E-state index contributed by atoms with van der Waals surface area (Å²) in [5.41, 5.74) is 7.00. The molecule has 0 unspecified atom stereocenters. The van der Waals surface area contributed by atoms with Crippen LogP contribution in [-0.2, 0) is 6.54 Å². The first-order valence-corrected chi connectivity index (χ1v) is 9.66. The minimum Gasteiger partial charge on any atom is -0.369 e. The maximum Gasteiger partial charge on any atom is 0.230 e. The van der Waals surface area contributed by atoms with Crippen LogP contribution in [-0.4, -0.2) is 59.1 Å². The summed E-state index contributed by atoms with van der Waals surface area (Å²) in [6.45, 7) is 6.24. The molecule has 2 fully saturated rings. The topological polar surface area (TPSA) is 74.4 Å². The van der Waals surface area contributed by atoms with Gasteiger partial charge in [-0.2, -0.15) is 15.0 Å². The molecule has 2 saturated heterocycles. The summed E-state index contributed by atoms with van der Waals surface area (Å²) < 4.78 is 13.1. The number of piperidine rings is 1. The van der Waals surface area contributed by atoms with E-state index in [2.05, 4.69) is 29.7 Å². The van der Waals surface area contributed by atoms with Gasteiger partial charge in [0.05, 0.1) is 6.54 Å².